The molecule has 2 N–H and O–H groups in total. The quantitative estimate of drug-likeness (QED) is 0.212. The van der Waals surface area contributed by atoms with Crippen LogP contribution in [0.25, 0.3) is 0 Å². The first-order chi connectivity index (χ1) is 12.6. The van der Waals surface area contributed by atoms with Gasteiger partial charge in [0.2, 0.25) is 0 Å². The van der Waals surface area contributed by atoms with E-state index in [1.165, 1.54) is 30.6 Å². The van der Waals surface area contributed by atoms with Gasteiger partial charge >= 0.3 is 0 Å². The Kier molecular flexibility index (Phi) is 11.8. The number of nitrogens with one attached hydrogen (secondary N) is 2. The molecule has 5 nitrogen and oxygen atoms in total. The predicted molar refractivity (Wildman–Crippen MR) is 127 cm³/mol. The zero-order valence-electron chi connectivity index (χ0n) is 17.4. The average molecular weight is 509 g/mol. The van der Waals surface area contributed by atoms with Crippen LogP contribution in [0.2, 0.25) is 0 Å². The minimum atomic E-state index is 0. The fraction of sp³-hybridized carbons (Fsp3) is 0.800. The molecule has 0 atom stereocenters. The van der Waals surface area contributed by atoms with Gasteiger partial charge in [0.25, 0.3) is 0 Å². The largest absolute Gasteiger partial charge is 0.382 e. The molecule has 0 bridgehead atoms. The fourth-order valence-corrected chi connectivity index (χ4v) is 4.67. The second-order valence-corrected chi connectivity index (χ2v) is 8.56. The number of ether oxygens (including phenoxy) is 1. The predicted octanol–water partition coefficient (Wildman–Crippen LogP) is 4.46. The van der Waals surface area contributed by atoms with E-state index in [1.807, 2.05) is 0 Å². The van der Waals surface area contributed by atoms with Crippen molar-refractivity contribution in [3.8, 4) is 0 Å². The van der Waals surface area contributed by atoms with Crippen LogP contribution in [0, 0.1) is 19.3 Å². The number of aromatic nitrogens is 1. The van der Waals surface area contributed by atoms with Gasteiger partial charge in [0.05, 0.1) is 10.7 Å². The van der Waals surface area contributed by atoms with Gasteiger partial charge in [0.15, 0.2) is 5.96 Å². The minimum absolute atomic E-state index is 0. The van der Waals surface area contributed by atoms with E-state index in [4.69, 9.17) is 9.73 Å². The first-order valence-corrected chi connectivity index (χ1v) is 10.9. The van der Waals surface area contributed by atoms with Crippen molar-refractivity contribution in [1.29, 1.82) is 0 Å². The zero-order valence-corrected chi connectivity index (χ0v) is 20.5. The highest BCUT2D eigenvalue weighted by Crippen LogP contribution is 2.41. The van der Waals surface area contributed by atoms with Gasteiger partial charge in [-0.25, -0.2) is 4.98 Å². The molecule has 1 fully saturated rings. The van der Waals surface area contributed by atoms with Crippen molar-refractivity contribution < 1.29 is 4.74 Å². The Morgan fingerprint density at radius 2 is 1.96 bits per heavy atom. The molecule has 156 valence electrons. The Morgan fingerprint density at radius 1 is 1.22 bits per heavy atom. The summed E-state index contributed by atoms with van der Waals surface area (Å²) in [6.45, 7) is 12.7. The number of halogens is 1. The van der Waals surface area contributed by atoms with Crippen LogP contribution >= 0.6 is 35.3 Å². The van der Waals surface area contributed by atoms with Crippen LogP contribution in [0.3, 0.4) is 0 Å². The smallest absolute Gasteiger partial charge is 0.191 e. The van der Waals surface area contributed by atoms with Gasteiger partial charge in [0, 0.05) is 44.1 Å². The van der Waals surface area contributed by atoms with Gasteiger partial charge < -0.3 is 15.4 Å². The third-order valence-corrected chi connectivity index (χ3v) is 6.34. The van der Waals surface area contributed by atoms with E-state index < -0.39 is 0 Å². The molecule has 1 aliphatic carbocycles. The Balaban J connectivity index is 0.00000364. The van der Waals surface area contributed by atoms with Gasteiger partial charge in [-0.3, -0.25) is 4.99 Å². The lowest BCUT2D eigenvalue weighted by Gasteiger charge is -2.27. The molecular weight excluding hydrogens is 471 g/mol. The van der Waals surface area contributed by atoms with E-state index in [1.54, 1.807) is 11.3 Å². The molecule has 1 aromatic rings. The highest BCUT2D eigenvalue weighted by molar-refractivity contribution is 14.0. The average Bonchev–Trinajstić information content (AvgIpc) is 3.20. The Morgan fingerprint density at radius 3 is 2.56 bits per heavy atom. The Hall–Kier alpha value is -0.410. The number of guanidine groups is 1. The monoisotopic (exact) mass is 508 g/mol. The fourth-order valence-electron chi connectivity index (χ4n) is 3.73. The number of rotatable bonds is 10. The van der Waals surface area contributed by atoms with E-state index in [-0.39, 0.29) is 24.0 Å². The van der Waals surface area contributed by atoms with Gasteiger partial charge in [-0.2, -0.15) is 0 Å². The summed E-state index contributed by atoms with van der Waals surface area (Å²) < 4.78 is 5.62. The number of aryl methyl sites for hydroxylation is 2. The first-order valence-electron chi connectivity index (χ1n) is 10.1. The van der Waals surface area contributed by atoms with E-state index in [0.29, 0.717) is 5.41 Å². The second kappa shape index (κ2) is 12.9. The van der Waals surface area contributed by atoms with E-state index in [0.717, 1.165) is 62.4 Å². The summed E-state index contributed by atoms with van der Waals surface area (Å²) in [6, 6.07) is 0. The molecule has 7 heteroatoms. The van der Waals surface area contributed by atoms with Gasteiger partial charge in [-0.1, -0.05) is 12.8 Å². The molecule has 1 heterocycles. The highest BCUT2D eigenvalue weighted by Gasteiger charge is 2.33. The summed E-state index contributed by atoms with van der Waals surface area (Å²) in [6.07, 6.45) is 7.34. The maximum atomic E-state index is 5.62. The van der Waals surface area contributed by atoms with Crippen LogP contribution in [0.15, 0.2) is 4.99 Å². The Labute approximate surface area is 186 Å². The second-order valence-electron chi connectivity index (χ2n) is 7.27. The number of nitrogens with zero attached hydrogens (tertiary/aromatic N) is 2. The third-order valence-electron chi connectivity index (χ3n) is 5.21. The molecule has 1 aliphatic rings. The highest BCUT2D eigenvalue weighted by atomic mass is 127. The van der Waals surface area contributed by atoms with Crippen LogP contribution in [0.4, 0.5) is 0 Å². The van der Waals surface area contributed by atoms with Crippen LogP contribution in [-0.4, -0.2) is 43.8 Å². The summed E-state index contributed by atoms with van der Waals surface area (Å²) in [5.41, 5.74) is 1.50. The molecule has 27 heavy (non-hydrogen) atoms. The molecule has 0 amide bonds. The summed E-state index contributed by atoms with van der Waals surface area (Å²) in [4.78, 5) is 10.8. The molecular formula is C20H37IN4OS. The molecule has 0 aliphatic heterocycles. The molecule has 1 aromatic heterocycles. The number of thiazole rings is 1. The maximum absolute atomic E-state index is 5.62. The summed E-state index contributed by atoms with van der Waals surface area (Å²) >= 11 is 1.80. The van der Waals surface area contributed by atoms with Crippen molar-refractivity contribution in [3.05, 3.63) is 15.6 Å². The summed E-state index contributed by atoms with van der Waals surface area (Å²) in [5.74, 6) is 0.939. The van der Waals surface area contributed by atoms with Crippen molar-refractivity contribution in [1.82, 2.24) is 15.6 Å². The van der Waals surface area contributed by atoms with E-state index in [2.05, 4.69) is 43.3 Å². The number of hydrogen-bond acceptors (Lipinski definition) is 4. The van der Waals surface area contributed by atoms with Crippen molar-refractivity contribution in [2.24, 2.45) is 10.4 Å². The summed E-state index contributed by atoms with van der Waals surface area (Å²) in [5, 5.41) is 8.04. The van der Waals surface area contributed by atoms with Crippen molar-refractivity contribution in [2.75, 3.05) is 32.8 Å². The van der Waals surface area contributed by atoms with Crippen LogP contribution in [0.5, 0.6) is 0 Å². The topological polar surface area (TPSA) is 58.5 Å². The lowest BCUT2D eigenvalue weighted by Crippen LogP contribution is -2.39. The lowest BCUT2D eigenvalue weighted by molar-refractivity contribution is 0.107. The normalized spacial score (nSPS) is 16.2. The van der Waals surface area contributed by atoms with Crippen LogP contribution < -0.4 is 10.6 Å². The van der Waals surface area contributed by atoms with Crippen LogP contribution in [0.1, 0.15) is 61.5 Å². The number of hydrogen-bond donors (Lipinski definition) is 2. The molecule has 0 aromatic carbocycles. The van der Waals surface area contributed by atoms with Crippen molar-refractivity contribution in [3.63, 3.8) is 0 Å². The molecule has 0 spiro atoms. The minimum Gasteiger partial charge on any atom is -0.382 e. The van der Waals surface area contributed by atoms with Crippen LogP contribution in [-0.2, 0) is 11.2 Å². The first kappa shape index (κ1) is 24.6. The standard InChI is InChI=1S/C20H36N4OS.HI/c1-5-21-19(22-13-9-18-16(3)24-17(4)26-18)23-15-20(10-7-8-11-20)12-14-25-6-2;/h5-15H2,1-4H3,(H2,21,22,23);1H. The third kappa shape index (κ3) is 8.23. The molecule has 0 radical (unpaired) electrons. The molecule has 0 saturated heterocycles. The van der Waals surface area contributed by atoms with Gasteiger partial charge in [0.1, 0.15) is 0 Å². The summed E-state index contributed by atoms with van der Waals surface area (Å²) in [7, 11) is 0. The van der Waals surface area contributed by atoms with E-state index in [9.17, 15) is 0 Å². The number of aliphatic imine (C=N–C) groups is 1. The lowest BCUT2D eigenvalue weighted by atomic mass is 9.83. The SMILES string of the molecule is CCNC(=NCC1(CCOCC)CCCC1)NCCc1sc(C)nc1C.I. The van der Waals surface area contributed by atoms with Gasteiger partial charge in [-0.05, 0) is 52.4 Å². The van der Waals surface area contributed by atoms with Crippen molar-refractivity contribution >= 4 is 41.3 Å². The maximum Gasteiger partial charge on any atom is 0.191 e. The zero-order chi connectivity index (χ0) is 18.8. The molecule has 2 rings (SSSR count). The Bertz CT molecular complexity index is 570. The van der Waals surface area contributed by atoms with Gasteiger partial charge in [-0.15, -0.1) is 35.3 Å². The molecule has 1 saturated carbocycles. The van der Waals surface area contributed by atoms with E-state index >= 15 is 0 Å². The molecule has 0 unspecified atom stereocenters. The van der Waals surface area contributed by atoms with Crippen molar-refractivity contribution in [2.45, 2.75) is 66.2 Å².